The van der Waals surface area contributed by atoms with E-state index in [-0.39, 0.29) is 28.6 Å². The van der Waals surface area contributed by atoms with Crippen LogP contribution >= 0.6 is 11.6 Å². The first-order chi connectivity index (χ1) is 15.2. The molecule has 0 fully saturated rings. The number of halogens is 3. The van der Waals surface area contributed by atoms with E-state index in [0.29, 0.717) is 11.1 Å². The molecule has 1 amide bonds. The summed E-state index contributed by atoms with van der Waals surface area (Å²) in [5.41, 5.74) is -0.155. The molecular weight excluding hydrogens is 462 g/mol. The van der Waals surface area contributed by atoms with E-state index in [4.69, 9.17) is 16.3 Å². The van der Waals surface area contributed by atoms with Crippen LogP contribution in [-0.2, 0) is 14.8 Å². The van der Waals surface area contributed by atoms with Crippen LogP contribution in [0, 0.1) is 11.6 Å². The molecular formula is C22H19ClF2N2O4S. The maximum atomic E-state index is 14.0. The molecule has 0 bridgehead atoms. The number of ether oxygens (including phenoxy) is 1. The molecule has 0 aliphatic carbocycles. The third-order valence-electron chi connectivity index (χ3n) is 4.33. The Bertz CT molecular complexity index is 1220. The summed E-state index contributed by atoms with van der Waals surface area (Å²) in [6, 6.07) is 14.4. The van der Waals surface area contributed by atoms with Crippen molar-refractivity contribution in [3.8, 4) is 5.75 Å². The second kappa shape index (κ2) is 9.97. The van der Waals surface area contributed by atoms with Crippen LogP contribution in [0.3, 0.4) is 0 Å². The summed E-state index contributed by atoms with van der Waals surface area (Å²) < 4.78 is 60.3. The SMILES string of the molecule is CCOc1ccccc1N(CC(=O)Nc1ccc(F)cc1F)S(=O)(=O)c1ccc(Cl)cc1. The van der Waals surface area contributed by atoms with Gasteiger partial charge in [0.1, 0.15) is 23.9 Å². The molecule has 0 spiro atoms. The van der Waals surface area contributed by atoms with Crippen molar-refractivity contribution in [2.24, 2.45) is 0 Å². The standard InChI is InChI=1S/C22H19ClF2N2O4S/c1-2-31-21-6-4-3-5-20(21)27(32(29,30)17-10-7-15(23)8-11-17)14-22(28)26-19-12-9-16(24)13-18(19)25/h3-13H,2,14H2,1H3,(H,26,28). The first kappa shape index (κ1) is 23.5. The molecule has 1 N–H and O–H groups in total. The first-order valence-corrected chi connectivity index (χ1v) is 11.3. The quantitative estimate of drug-likeness (QED) is 0.500. The van der Waals surface area contributed by atoms with Crippen LogP contribution in [0.2, 0.25) is 5.02 Å². The van der Waals surface area contributed by atoms with Gasteiger partial charge in [0.15, 0.2) is 0 Å². The Hall–Kier alpha value is -3.17. The van der Waals surface area contributed by atoms with Crippen molar-refractivity contribution in [3.63, 3.8) is 0 Å². The number of nitrogens with zero attached hydrogens (tertiary/aromatic N) is 1. The molecule has 0 aliphatic heterocycles. The molecule has 3 rings (SSSR count). The summed E-state index contributed by atoms with van der Waals surface area (Å²) in [6.45, 7) is 1.31. The van der Waals surface area contributed by atoms with E-state index in [1.54, 1.807) is 25.1 Å². The number of rotatable bonds is 8. The van der Waals surface area contributed by atoms with E-state index in [1.807, 2.05) is 0 Å². The minimum absolute atomic E-state index is 0.103. The number of benzene rings is 3. The van der Waals surface area contributed by atoms with Crippen LogP contribution in [0.5, 0.6) is 5.75 Å². The molecule has 0 saturated carbocycles. The Morgan fingerprint density at radius 2 is 1.75 bits per heavy atom. The average molecular weight is 481 g/mol. The fourth-order valence-corrected chi connectivity index (χ4v) is 4.44. The van der Waals surface area contributed by atoms with Gasteiger partial charge in [-0.25, -0.2) is 17.2 Å². The molecule has 10 heteroatoms. The maximum Gasteiger partial charge on any atom is 0.264 e. The van der Waals surface area contributed by atoms with Crippen LogP contribution in [0.15, 0.2) is 71.6 Å². The van der Waals surface area contributed by atoms with Crippen molar-refractivity contribution in [2.75, 3.05) is 22.8 Å². The molecule has 0 aromatic heterocycles. The lowest BCUT2D eigenvalue weighted by Gasteiger charge is -2.26. The molecule has 0 atom stereocenters. The van der Waals surface area contributed by atoms with Crippen LogP contribution in [0.25, 0.3) is 0 Å². The van der Waals surface area contributed by atoms with E-state index in [2.05, 4.69) is 5.32 Å². The molecule has 3 aromatic carbocycles. The summed E-state index contributed by atoms with van der Waals surface area (Å²) in [5.74, 6) is -2.38. The lowest BCUT2D eigenvalue weighted by Crippen LogP contribution is -2.38. The second-order valence-electron chi connectivity index (χ2n) is 6.54. The number of nitrogens with one attached hydrogen (secondary N) is 1. The number of carbonyl (C=O) groups is 1. The van der Waals surface area contributed by atoms with Crippen LogP contribution in [-0.4, -0.2) is 27.5 Å². The van der Waals surface area contributed by atoms with Crippen molar-refractivity contribution < 1.29 is 26.7 Å². The normalized spacial score (nSPS) is 11.1. The largest absolute Gasteiger partial charge is 0.492 e. The summed E-state index contributed by atoms with van der Waals surface area (Å²) in [4.78, 5) is 12.6. The Morgan fingerprint density at radius 3 is 2.41 bits per heavy atom. The predicted molar refractivity (Wildman–Crippen MR) is 119 cm³/mol. The highest BCUT2D eigenvalue weighted by molar-refractivity contribution is 7.92. The van der Waals surface area contributed by atoms with Gasteiger partial charge in [-0.2, -0.15) is 0 Å². The van der Waals surface area contributed by atoms with Crippen LogP contribution in [0.1, 0.15) is 6.92 Å². The predicted octanol–water partition coefficient (Wildman–Crippen LogP) is 4.85. The van der Waals surface area contributed by atoms with Crippen LogP contribution < -0.4 is 14.4 Å². The molecule has 0 unspecified atom stereocenters. The zero-order chi connectivity index (χ0) is 23.3. The number of hydrogen-bond acceptors (Lipinski definition) is 4. The van der Waals surface area contributed by atoms with E-state index in [1.165, 1.54) is 30.3 Å². The molecule has 168 valence electrons. The van der Waals surface area contributed by atoms with Gasteiger partial charge >= 0.3 is 0 Å². The molecule has 0 aliphatic rings. The highest BCUT2D eigenvalue weighted by atomic mass is 35.5. The zero-order valence-electron chi connectivity index (χ0n) is 16.9. The third-order valence-corrected chi connectivity index (χ3v) is 6.35. The number of sulfonamides is 1. The molecule has 6 nitrogen and oxygen atoms in total. The van der Waals surface area contributed by atoms with Crippen molar-refractivity contribution >= 4 is 38.9 Å². The minimum atomic E-state index is -4.24. The van der Waals surface area contributed by atoms with Crippen molar-refractivity contribution in [1.29, 1.82) is 0 Å². The van der Waals surface area contributed by atoms with Gasteiger partial charge in [-0.15, -0.1) is 0 Å². The Morgan fingerprint density at radius 1 is 1.06 bits per heavy atom. The van der Waals surface area contributed by atoms with Gasteiger partial charge in [0.2, 0.25) is 5.91 Å². The smallest absolute Gasteiger partial charge is 0.264 e. The summed E-state index contributed by atoms with van der Waals surface area (Å²) in [6.07, 6.45) is 0. The van der Waals surface area contributed by atoms with Gasteiger partial charge < -0.3 is 10.1 Å². The molecule has 3 aromatic rings. The number of amides is 1. The van der Waals surface area contributed by atoms with Gasteiger partial charge in [0.25, 0.3) is 10.0 Å². The third kappa shape index (κ3) is 5.35. The van der Waals surface area contributed by atoms with Crippen molar-refractivity contribution in [1.82, 2.24) is 0 Å². The Labute approximate surface area is 189 Å². The number of anilines is 2. The zero-order valence-corrected chi connectivity index (χ0v) is 18.5. The maximum absolute atomic E-state index is 14.0. The highest BCUT2D eigenvalue weighted by Gasteiger charge is 2.29. The van der Waals surface area contributed by atoms with Gasteiger partial charge in [-0.1, -0.05) is 23.7 Å². The monoisotopic (exact) mass is 480 g/mol. The Balaban J connectivity index is 2.01. The van der Waals surface area contributed by atoms with Crippen molar-refractivity contribution in [3.05, 3.63) is 83.4 Å². The molecule has 0 heterocycles. The van der Waals surface area contributed by atoms with E-state index in [0.717, 1.165) is 16.4 Å². The lowest BCUT2D eigenvalue weighted by atomic mass is 10.2. The number of para-hydroxylation sites is 2. The van der Waals surface area contributed by atoms with Gasteiger partial charge in [-0.05, 0) is 55.5 Å². The van der Waals surface area contributed by atoms with E-state index >= 15 is 0 Å². The second-order valence-corrected chi connectivity index (χ2v) is 8.84. The summed E-state index contributed by atoms with van der Waals surface area (Å²) >= 11 is 5.87. The Kier molecular flexibility index (Phi) is 7.32. The number of hydrogen-bond donors (Lipinski definition) is 1. The molecule has 0 saturated heterocycles. The summed E-state index contributed by atoms with van der Waals surface area (Å²) in [5, 5.41) is 2.62. The molecule has 32 heavy (non-hydrogen) atoms. The average Bonchev–Trinajstić information content (AvgIpc) is 2.75. The van der Waals surface area contributed by atoms with Crippen LogP contribution in [0.4, 0.5) is 20.2 Å². The lowest BCUT2D eigenvalue weighted by molar-refractivity contribution is -0.114. The van der Waals surface area contributed by atoms with Gasteiger partial charge in [0.05, 0.1) is 22.9 Å². The molecule has 0 radical (unpaired) electrons. The number of carbonyl (C=O) groups excluding carboxylic acids is 1. The first-order valence-electron chi connectivity index (χ1n) is 9.47. The minimum Gasteiger partial charge on any atom is -0.492 e. The summed E-state index contributed by atoms with van der Waals surface area (Å²) in [7, 11) is -4.24. The highest BCUT2D eigenvalue weighted by Crippen LogP contribution is 2.33. The fourth-order valence-electron chi connectivity index (χ4n) is 2.89. The van der Waals surface area contributed by atoms with E-state index in [9.17, 15) is 22.0 Å². The van der Waals surface area contributed by atoms with Crippen molar-refractivity contribution in [2.45, 2.75) is 11.8 Å². The fraction of sp³-hybridized carbons (Fsp3) is 0.136. The topological polar surface area (TPSA) is 75.7 Å². The van der Waals surface area contributed by atoms with Gasteiger partial charge in [0, 0.05) is 11.1 Å². The van der Waals surface area contributed by atoms with E-state index < -0.39 is 34.1 Å². The van der Waals surface area contributed by atoms with Gasteiger partial charge in [-0.3, -0.25) is 9.10 Å².